The van der Waals surface area contributed by atoms with E-state index in [1.165, 1.54) is 6.33 Å². The van der Waals surface area contributed by atoms with E-state index in [0.29, 0.717) is 24.6 Å². The summed E-state index contributed by atoms with van der Waals surface area (Å²) < 4.78 is 23.8. The Hall–Kier alpha value is -1.08. The number of hydrogen-bond donors (Lipinski definition) is 1. The molecular weight excluding hydrogens is 204 g/mol. The normalized spacial score (nSPS) is 11.6. The molecule has 1 rings (SSSR count). The fraction of sp³-hybridized carbons (Fsp3) is 0.571. The molecule has 0 radical (unpaired) electrons. The van der Waals surface area contributed by atoms with Crippen molar-refractivity contribution in [2.75, 3.05) is 12.8 Å². The molecule has 0 aliphatic carbocycles. The fourth-order valence-corrected chi connectivity index (χ4v) is 1.37. The Morgan fingerprint density at radius 1 is 1.43 bits per heavy atom. The van der Waals surface area contributed by atoms with Crippen molar-refractivity contribution in [2.24, 2.45) is 0 Å². The topological polar surface area (TPSA) is 84.8 Å². The Balaban J connectivity index is 2.47. The van der Waals surface area contributed by atoms with Crippen LogP contribution in [-0.2, 0) is 16.4 Å². The molecule has 1 N–H and O–H groups in total. The highest BCUT2D eigenvalue weighted by molar-refractivity contribution is 7.88. The quantitative estimate of drug-likeness (QED) is 0.717. The van der Waals surface area contributed by atoms with E-state index in [0.717, 1.165) is 6.26 Å². The van der Waals surface area contributed by atoms with Crippen LogP contribution in [0.15, 0.2) is 6.33 Å². The average Bonchev–Trinajstić information content (AvgIpc) is 2.01. The lowest BCUT2D eigenvalue weighted by Gasteiger charge is -2.01. The number of aryl methyl sites for hydroxylation is 1. The highest BCUT2D eigenvalue weighted by atomic mass is 32.2. The van der Waals surface area contributed by atoms with E-state index < -0.39 is 10.0 Å². The first-order chi connectivity index (χ1) is 6.47. The zero-order valence-corrected chi connectivity index (χ0v) is 8.87. The van der Waals surface area contributed by atoms with Gasteiger partial charge in [0.15, 0.2) is 0 Å². The van der Waals surface area contributed by atoms with Crippen LogP contribution in [0.4, 0.5) is 0 Å². The molecule has 1 aromatic rings. The van der Waals surface area contributed by atoms with Gasteiger partial charge in [-0.1, -0.05) is 0 Å². The second-order valence-electron chi connectivity index (χ2n) is 2.87. The molecule has 7 heteroatoms. The molecule has 0 bridgehead atoms. The van der Waals surface area contributed by atoms with Crippen LogP contribution < -0.4 is 4.72 Å². The predicted octanol–water partition coefficient (Wildman–Crippen LogP) is -0.728. The highest BCUT2D eigenvalue weighted by Crippen LogP contribution is 1.90. The van der Waals surface area contributed by atoms with E-state index >= 15 is 0 Å². The first kappa shape index (κ1) is 11.0. The minimum absolute atomic E-state index is 0.308. The standard InChI is InChI=1S/C7H12N4O2S/c1-6-8-5-9-7(11-6)3-4-10-14(2,12)13/h5,10H,3-4H2,1-2H3. The van der Waals surface area contributed by atoms with Gasteiger partial charge >= 0.3 is 0 Å². The Bertz CT molecular complexity index is 404. The molecule has 0 fully saturated rings. The van der Waals surface area contributed by atoms with E-state index in [9.17, 15) is 8.42 Å². The van der Waals surface area contributed by atoms with Crippen molar-refractivity contribution in [3.63, 3.8) is 0 Å². The molecule has 0 saturated carbocycles. The minimum Gasteiger partial charge on any atom is -0.222 e. The maximum absolute atomic E-state index is 10.7. The smallest absolute Gasteiger partial charge is 0.208 e. The van der Waals surface area contributed by atoms with Gasteiger partial charge in [-0.2, -0.15) is 0 Å². The van der Waals surface area contributed by atoms with E-state index in [1.807, 2.05) is 0 Å². The number of nitrogens with one attached hydrogen (secondary N) is 1. The zero-order chi connectivity index (χ0) is 10.6. The van der Waals surface area contributed by atoms with Crippen molar-refractivity contribution in [1.82, 2.24) is 19.7 Å². The maximum Gasteiger partial charge on any atom is 0.208 e. The summed E-state index contributed by atoms with van der Waals surface area (Å²) in [5.41, 5.74) is 0. The van der Waals surface area contributed by atoms with Crippen LogP contribution in [0.3, 0.4) is 0 Å². The molecule has 0 spiro atoms. The Morgan fingerprint density at radius 3 is 2.71 bits per heavy atom. The molecule has 0 saturated heterocycles. The first-order valence-corrected chi connectivity index (χ1v) is 5.96. The van der Waals surface area contributed by atoms with Gasteiger partial charge in [0.1, 0.15) is 18.0 Å². The van der Waals surface area contributed by atoms with Gasteiger partial charge in [0.2, 0.25) is 10.0 Å². The second-order valence-corrected chi connectivity index (χ2v) is 4.70. The zero-order valence-electron chi connectivity index (χ0n) is 8.06. The molecule has 0 atom stereocenters. The summed E-state index contributed by atoms with van der Waals surface area (Å²) in [6.07, 6.45) is 3.00. The number of hydrogen-bond acceptors (Lipinski definition) is 5. The number of nitrogens with zero attached hydrogens (tertiary/aromatic N) is 3. The minimum atomic E-state index is -3.13. The summed E-state index contributed by atoms with van der Waals surface area (Å²) in [4.78, 5) is 11.8. The van der Waals surface area contributed by atoms with Crippen LogP contribution in [0.1, 0.15) is 11.6 Å². The molecule has 14 heavy (non-hydrogen) atoms. The van der Waals surface area contributed by atoms with Gasteiger partial charge < -0.3 is 0 Å². The van der Waals surface area contributed by atoms with Crippen LogP contribution in [-0.4, -0.2) is 36.2 Å². The summed E-state index contributed by atoms with van der Waals surface area (Å²) in [5.74, 6) is 1.23. The SMILES string of the molecule is Cc1ncnc(CCNS(C)(=O)=O)n1. The summed E-state index contributed by atoms with van der Waals surface area (Å²) in [7, 11) is -3.13. The van der Waals surface area contributed by atoms with Crippen LogP contribution in [0.2, 0.25) is 0 Å². The highest BCUT2D eigenvalue weighted by Gasteiger charge is 2.01. The van der Waals surface area contributed by atoms with E-state index in [2.05, 4.69) is 19.7 Å². The molecule has 0 aliphatic rings. The molecule has 1 heterocycles. The summed E-state index contributed by atoms with van der Waals surface area (Å²) >= 11 is 0. The molecule has 0 unspecified atom stereocenters. The van der Waals surface area contributed by atoms with E-state index in [4.69, 9.17) is 0 Å². The Labute approximate surface area is 82.9 Å². The lowest BCUT2D eigenvalue weighted by molar-refractivity contribution is 0.587. The van der Waals surface area contributed by atoms with Crippen LogP contribution in [0, 0.1) is 6.92 Å². The average molecular weight is 216 g/mol. The number of rotatable bonds is 4. The first-order valence-electron chi connectivity index (χ1n) is 4.06. The number of aromatic nitrogens is 3. The molecular formula is C7H12N4O2S. The van der Waals surface area contributed by atoms with Gasteiger partial charge in [0.05, 0.1) is 6.26 Å². The molecule has 0 aliphatic heterocycles. The largest absolute Gasteiger partial charge is 0.222 e. The van der Waals surface area contributed by atoms with Crippen LogP contribution in [0.5, 0.6) is 0 Å². The van der Waals surface area contributed by atoms with Crippen molar-refractivity contribution >= 4 is 10.0 Å². The third kappa shape index (κ3) is 4.24. The summed E-state index contributed by atoms with van der Waals surface area (Å²) in [6.45, 7) is 2.07. The van der Waals surface area contributed by atoms with Crippen LogP contribution >= 0.6 is 0 Å². The maximum atomic E-state index is 10.7. The second kappa shape index (κ2) is 4.43. The number of sulfonamides is 1. The van der Waals surface area contributed by atoms with Crippen molar-refractivity contribution in [1.29, 1.82) is 0 Å². The predicted molar refractivity (Wildman–Crippen MR) is 51.1 cm³/mol. The molecule has 6 nitrogen and oxygen atoms in total. The van der Waals surface area contributed by atoms with Gasteiger partial charge in [-0.05, 0) is 6.92 Å². The van der Waals surface area contributed by atoms with Crippen molar-refractivity contribution in [3.05, 3.63) is 18.0 Å². The molecule has 1 aromatic heterocycles. The van der Waals surface area contributed by atoms with Crippen molar-refractivity contribution in [3.8, 4) is 0 Å². The molecule has 78 valence electrons. The third-order valence-corrected chi connectivity index (χ3v) is 2.18. The van der Waals surface area contributed by atoms with E-state index in [-0.39, 0.29) is 0 Å². The molecule has 0 aromatic carbocycles. The molecule has 0 amide bonds. The lowest BCUT2D eigenvalue weighted by Crippen LogP contribution is -2.24. The summed E-state index contributed by atoms with van der Waals surface area (Å²) in [5, 5.41) is 0. The fourth-order valence-electron chi connectivity index (χ4n) is 0.892. The van der Waals surface area contributed by atoms with Crippen LogP contribution in [0.25, 0.3) is 0 Å². The Kier molecular flexibility index (Phi) is 3.48. The lowest BCUT2D eigenvalue weighted by atomic mass is 10.4. The van der Waals surface area contributed by atoms with Crippen molar-refractivity contribution < 1.29 is 8.42 Å². The van der Waals surface area contributed by atoms with Crippen molar-refractivity contribution in [2.45, 2.75) is 13.3 Å². The van der Waals surface area contributed by atoms with Gasteiger partial charge in [0.25, 0.3) is 0 Å². The Morgan fingerprint density at radius 2 is 2.14 bits per heavy atom. The third-order valence-electron chi connectivity index (χ3n) is 1.46. The monoisotopic (exact) mass is 216 g/mol. The van der Waals surface area contributed by atoms with E-state index in [1.54, 1.807) is 6.92 Å². The van der Waals surface area contributed by atoms with Gasteiger partial charge in [-0.25, -0.2) is 28.1 Å². The van der Waals surface area contributed by atoms with Gasteiger partial charge in [0, 0.05) is 13.0 Å². The van der Waals surface area contributed by atoms with Gasteiger partial charge in [-0.3, -0.25) is 0 Å². The summed E-state index contributed by atoms with van der Waals surface area (Å²) in [6, 6.07) is 0. The van der Waals surface area contributed by atoms with Gasteiger partial charge in [-0.15, -0.1) is 0 Å².